The molecule has 0 N–H and O–H groups in total. The van der Waals surface area contributed by atoms with Gasteiger partial charge in [-0.05, 0) is 49.6 Å². The highest BCUT2D eigenvalue weighted by Gasteiger charge is 2.21. The molecule has 0 aliphatic carbocycles. The van der Waals surface area contributed by atoms with E-state index in [0.717, 1.165) is 22.4 Å². The van der Waals surface area contributed by atoms with E-state index in [4.69, 9.17) is 4.98 Å². The Morgan fingerprint density at radius 3 is 2.35 bits per heavy atom. The van der Waals surface area contributed by atoms with Crippen LogP contribution in [0.5, 0.6) is 0 Å². The summed E-state index contributed by atoms with van der Waals surface area (Å²) in [6, 6.07) is 26.7. The summed E-state index contributed by atoms with van der Waals surface area (Å²) in [5, 5.41) is 0. The first-order chi connectivity index (χ1) is 15.0. The van der Waals surface area contributed by atoms with Crippen LogP contribution < -0.4 is 0 Å². The highest BCUT2D eigenvalue weighted by atomic mass is 16.2. The second-order valence-corrected chi connectivity index (χ2v) is 8.31. The van der Waals surface area contributed by atoms with Gasteiger partial charge in [-0.25, -0.2) is 4.98 Å². The summed E-state index contributed by atoms with van der Waals surface area (Å²) in [4.78, 5) is 20.3. The predicted molar refractivity (Wildman–Crippen MR) is 126 cm³/mol. The van der Waals surface area contributed by atoms with Crippen molar-refractivity contribution >= 4 is 16.9 Å². The van der Waals surface area contributed by atoms with Crippen LogP contribution in [0.2, 0.25) is 0 Å². The molecule has 0 saturated carbocycles. The largest absolute Gasteiger partial charge is 0.334 e. The third kappa shape index (κ3) is 4.69. The summed E-state index contributed by atoms with van der Waals surface area (Å²) >= 11 is 0. The van der Waals surface area contributed by atoms with Gasteiger partial charge in [0.05, 0.1) is 11.0 Å². The molecule has 0 aliphatic rings. The predicted octanol–water partition coefficient (Wildman–Crippen LogP) is 5.37. The molecular formula is C27H29N3O. The van der Waals surface area contributed by atoms with Crippen LogP contribution in [0.3, 0.4) is 0 Å². The van der Waals surface area contributed by atoms with Crippen molar-refractivity contribution in [2.24, 2.45) is 0 Å². The molecule has 0 bridgehead atoms. The van der Waals surface area contributed by atoms with Crippen molar-refractivity contribution in [3.63, 3.8) is 0 Å². The highest BCUT2D eigenvalue weighted by Crippen LogP contribution is 2.21. The number of benzene rings is 3. The summed E-state index contributed by atoms with van der Waals surface area (Å²) in [6.45, 7) is 7.15. The molecule has 1 aromatic heterocycles. The average molecular weight is 412 g/mol. The molecule has 0 saturated heterocycles. The Morgan fingerprint density at radius 2 is 1.61 bits per heavy atom. The molecule has 4 heteroatoms. The van der Waals surface area contributed by atoms with Gasteiger partial charge in [-0.3, -0.25) is 4.79 Å². The Bertz CT molecular complexity index is 1180. The van der Waals surface area contributed by atoms with E-state index >= 15 is 0 Å². The van der Waals surface area contributed by atoms with Gasteiger partial charge in [0.2, 0.25) is 5.91 Å². The fourth-order valence-corrected chi connectivity index (χ4v) is 3.98. The minimum Gasteiger partial charge on any atom is -0.334 e. The number of imidazole rings is 1. The zero-order valence-electron chi connectivity index (χ0n) is 18.5. The van der Waals surface area contributed by atoms with E-state index in [1.54, 1.807) is 0 Å². The molecular weight excluding hydrogens is 382 g/mol. The van der Waals surface area contributed by atoms with E-state index in [1.807, 2.05) is 47.4 Å². The average Bonchev–Trinajstić information content (AvgIpc) is 3.11. The lowest BCUT2D eigenvalue weighted by molar-refractivity contribution is -0.134. The van der Waals surface area contributed by atoms with Crippen molar-refractivity contribution < 1.29 is 4.79 Å². The first-order valence-corrected chi connectivity index (χ1v) is 10.8. The lowest BCUT2D eigenvalue weighted by atomic mass is 10.1. The Hall–Kier alpha value is -3.40. The topological polar surface area (TPSA) is 38.1 Å². The number of fused-ring (bicyclic) bond motifs is 1. The molecule has 3 aromatic carbocycles. The first kappa shape index (κ1) is 20.9. The van der Waals surface area contributed by atoms with Crippen LogP contribution >= 0.6 is 0 Å². The number of carbonyl (C=O) groups is 1. The monoisotopic (exact) mass is 411 g/mol. The smallest absolute Gasteiger partial charge is 0.243 e. The van der Waals surface area contributed by atoms with Crippen molar-refractivity contribution in [1.82, 2.24) is 14.5 Å². The zero-order chi connectivity index (χ0) is 21.8. The maximum atomic E-state index is 13.4. The molecule has 31 heavy (non-hydrogen) atoms. The van der Waals surface area contributed by atoms with Crippen LogP contribution in [0, 0.1) is 6.92 Å². The molecule has 158 valence electrons. The second-order valence-electron chi connectivity index (χ2n) is 8.31. The van der Waals surface area contributed by atoms with Crippen molar-refractivity contribution in [2.45, 2.75) is 46.3 Å². The van der Waals surface area contributed by atoms with E-state index in [-0.39, 0.29) is 18.5 Å². The number of rotatable bonds is 7. The van der Waals surface area contributed by atoms with Gasteiger partial charge in [0, 0.05) is 19.0 Å². The Morgan fingerprint density at radius 1 is 0.935 bits per heavy atom. The van der Waals surface area contributed by atoms with Gasteiger partial charge < -0.3 is 9.47 Å². The summed E-state index contributed by atoms with van der Waals surface area (Å²) in [5.41, 5.74) is 5.54. The van der Waals surface area contributed by atoms with Crippen LogP contribution in [0.15, 0.2) is 78.9 Å². The fourth-order valence-electron chi connectivity index (χ4n) is 3.98. The third-order valence-corrected chi connectivity index (χ3v) is 5.78. The van der Waals surface area contributed by atoms with Gasteiger partial charge in [-0.15, -0.1) is 0 Å². The maximum Gasteiger partial charge on any atom is 0.243 e. The quantitative estimate of drug-likeness (QED) is 0.410. The zero-order valence-corrected chi connectivity index (χ0v) is 18.5. The van der Waals surface area contributed by atoms with Gasteiger partial charge in [-0.2, -0.15) is 0 Å². The van der Waals surface area contributed by atoms with Crippen molar-refractivity contribution in [3.05, 3.63) is 101 Å². The number of amides is 1. The third-order valence-electron chi connectivity index (χ3n) is 5.78. The van der Waals surface area contributed by atoms with E-state index in [2.05, 4.69) is 61.7 Å². The van der Waals surface area contributed by atoms with Crippen molar-refractivity contribution in [3.8, 4) is 0 Å². The van der Waals surface area contributed by atoms with E-state index < -0.39 is 0 Å². The molecule has 0 radical (unpaired) electrons. The summed E-state index contributed by atoms with van der Waals surface area (Å²) in [7, 11) is 0. The normalized spacial score (nSPS) is 11.2. The number of hydrogen-bond donors (Lipinski definition) is 0. The standard InChI is InChI=1S/C27H29N3O/c1-20(2)29(18-22-12-5-4-6-13-22)27(31)19-30-25-16-10-9-15-24(25)28-26(30)17-23-14-8-7-11-21(23)3/h4-16,20H,17-19H2,1-3H3. The van der Waals surface area contributed by atoms with Crippen LogP contribution in [0.25, 0.3) is 11.0 Å². The van der Waals surface area contributed by atoms with Gasteiger partial charge in [-0.1, -0.05) is 66.7 Å². The minimum absolute atomic E-state index is 0.105. The fraction of sp³-hybridized carbons (Fsp3) is 0.259. The number of hydrogen-bond acceptors (Lipinski definition) is 2. The van der Waals surface area contributed by atoms with Crippen molar-refractivity contribution in [2.75, 3.05) is 0 Å². The van der Waals surface area contributed by atoms with Gasteiger partial charge >= 0.3 is 0 Å². The molecule has 4 rings (SSSR count). The Balaban J connectivity index is 1.66. The molecule has 0 unspecified atom stereocenters. The van der Waals surface area contributed by atoms with E-state index in [0.29, 0.717) is 13.0 Å². The second kappa shape index (κ2) is 9.17. The van der Waals surface area contributed by atoms with Crippen LogP contribution in [-0.2, 0) is 24.3 Å². The number of aryl methyl sites for hydroxylation is 1. The van der Waals surface area contributed by atoms with Gasteiger partial charge in [0.1, 0.15) is 12.4 Å². The van der Waals surface area contributed by atoms with E-state index in [9.17, 15) is 4.79 Å². The lowest BCUT2D eigenvalue weighted by Gasteiger charge is -2.27. The molecule has 0 fully saturated rings. The Labute approximate surface area is 184 Å². The minimum atomic E-state index is 0.105. The molecule has 1 amide bonds. The lowest BCUT2D eigenvalue weighted by Crippen LogP contribution is -2.38. The maximum absolute atomic E-state index is 13.4. The molecule has 0 aliphatic heterocycles. The van der Waals surface area contributed by atoms with Gasteiger partial charge in [0.25, 0.3) is 0 Å². The number of nitrogens with zero attached hydrogens (tertiary/aromatic N) is 3. The molecule has 0 spiro atoms. The van der Waals surface area contributed by atoms with Crippen LogP contribution in [-0.4, -0.2) is 26.4 Å². The molecule has 1 heterocycles. The summed E-state index contributed by atoms with van der Waals surface area (Å²) < 4.78 is 2.09. The van der Waals surface area contributed by atoms with Crippen LogP contribution in [0.1, 0.15) is 36.4 Å². The summed E-state index contributed by atoms with van der Waals surface area (Å²) in [6.07, 6.45) is 0.703. The SMILES string of the molecule is Cc1ccccc1Cc1nc2ccccc2n1CC(=O)N(Cc1ccccc1)C(C)C. The van der Waals surface area contributed by atoms with Crippen molar-refractivity contribution in [1.29, 1.82) is 0 Å². The molecule has 4 aromatic rings. The molecule has 0 atom stereocenters. The number of aromatic nitrogens is 2. The number of carbonyl (C=O) groups excluding carboxylic acids is 1. The number of para-hydroxylation sites is 2. The Kier molecular flexibility index (Phi) is 6.17. The molecule has 4 nitrogen and oxygen atoms in total. The van der Waals surface area contributed by atoms with Gasteiger partial charge in [0.15, 0.2) is 0 Å². The highest BCUT2D eigenvalue weighted by molar-refractivity contribution is 5.81. The first-order valence-electron chi connectivity index (χ1n) is 10.8. The summed E-state index contributed by atoms with van der Waals surface area (Å²) in [5.74, 6) is 1.03. The van der Waals surface area contributed by atoms with Crippen LogP contribution in [0.4, 0.5) is 0 Å². The van der Waals surface area contributed by atoms with E-state index in [1.165, 1.54) is 11.1 Å².